The standard InChI is InChI=1S/C16H20N2O/c1-3-5-11-8-10(2)14-13(9-11)18-16(19)12-6-4-7-17-15(12)14/h8-9,17H,3-7H2,1-2H3,(H,18,19). The highest BCUT2D eigenvalue weighted by molar-refractivity contribution is 5.96. The van der Waals surface area contributed by atoms with E-state index in [4.69, 9.17) is 0 Å². The number of rotatable bonds is 2. The van der Waals surface area contributed by atoms with Crippen LogP contribution >= 0.6 is 0 Å². The lowest BCUT2D eigenvalue weighted by atomic mass is 9.96. The minimum absolute atomic E-state index is 0.0720. The van der Waals surface area contributed by atoms with E-state index in [1.54, 1.807) is 0 Å². The average molecular weight is 256 g/mol. The number of anilines is 1. The van der Waals surface area contributed by atoms with Crippen molar-refractivity contribution in [3.05, 3.63) is 39.2 Å². The van der Waals surface area contributed by atoms with Crippen molar-refractivity contribution in [2.45, 2.75) is 39.5 Å². The number of nitrogens with one attached hydrogen (secondary N) is 2. The third-order valence-electron chi connectivity index (χ3n) is 3.91. The minimum Gasteiger partial charge on any atom is -0.384 e. The summed E-state index contributed by atoms with van der Waals surface area (Å²) in [5, 5.41) is 4.61. The van der Waals surface area contributed by atoms with E-state index in [2.05, 4.69) is 36.3 Å². The molecule has 3 heteroatoms. The number of hydrogen-bond acceptors (Lipinski definition) is 2. The van der Waals surface area contributed by atoms with Crippen LogP contribution in [-0.4, -0.2) is 11.5 Å². The maximum absolute atomic E-state index is 12.2. The van der Waals surface area contributed by atoms with Gasteiger partial charge in [-0.15, -0.1) is 0 Å². The lowest BCUT2D eigenvalue weighted by molar-refractivity contribution is 0.820. The van der Waals surface area contributed by atoms with Crippen molar-refractivity contribution in [3.63, 3.8) is 0 Å². The molecule has 1 aliphatic heterocycles. The Balaban J connectivity index is 2.31. The molecule has 0 amide bonds. The second-order valence-corrected chi connectivity index (χ2v) is 5.42. The second-order valence-electron chi connectivity index (χ2n) is 5.42. The maximum atomic E-state index is 12.2. The van der Waals surface area contributed by atoms with Crippen molar-refractivity contribution in [1.29, 1.82) is 0 Å². The molecule has 3 nitrogen and oxygen atoms in total. The van der Waals surface area contributed by atoms with Gasteiger partial charge in [0.15, 0.2) is 0 Å². The van der Waals surface area contributed by atoms with E-state index in [1.165, 1.54) is 16.5 Å². The third-order valence-corrected chi connectivity index (χ3v) is 3.91. The summed E-state index contributed by atoms with van der Waals surface area (Å²) >= 11 is 0. The Bertz CT molecular complexity index is 685. The van der Waals surface area contributed by atoms with Crippen molar-refractivity contribution < 1.29 is 0 Å². The molecule has 19 heavy (non-hydrogen) atoms. The van der Waals surface area contributed by atoms with Crippen LogP contribution in [0.15, 0.2) is 16.9 Å². The smallest absolute Gasteiger partial charge is 0.253 e. The van der Waals surface area contributed by atoms with Gasteiger partial charge in [-0.3, -0.25) is 4.79 Å². The molecule has 0 atom stereocenters. The monoisotopic (exact) mass is 256 g/mol. The molecule has 0 unspecified atom stereocenters. The molecule has 2 aromatic rings. The van der Waals surface area contributed by atoms with Crippen molar-refractivity contribution >= 4 is 16.6 Å². The van der Waals surface area contributed by atoms with Crippen LogP contribution in [-0.2, 0) is 12.8 Å². The SMILES string of the molecule is CCCc1cc(C)c2c3c(c(=O)[nH]c2c1)CCCN3. The lowest BCUT2D eigenvalue weighted by Gasteiger charge is -2.20. The minimum atomic E-state index is 0.0720. The normalized spacial score (nSPS) is 14.2. The highest BCUT2D eigenvalue weighted by Crippen LogP contribution is 2.30. The van der Waals surface area contributed by atoms with E-state index in [1.807, 2.05) is 0 Å². The summed E-state index contributed by atoms with van der Waals surface area (Å²) in [6.07, 6.45) is 4.10. The number of aromatic nitrogens is 1. The van der Waals surface area contributed by atoms with E-state index >= 15 is 0 Å². The molecule has 1 aromatic heterocycles. The van der Waals surface area contributed by atoms with Crippen LogP contribution in [0.2, 0.25) is 0 Å². The first-order valence-corrected chi connectivity index (χ1v) is 7.13. The average Bonchev–Trinajstić information content (AvgIpc) is 2.39. The van der Waals surface area contributed by atoms with E-state index in [0.29, 0.717) is 0 Å². The van der Waals surface area contributed by atoms with Gasteiger partial charge < -0.3 is 10.3 Å². The number of aryl methyl sites for hydroxylation is 2. The molecule has 2 N–H and O–H groups in total. The largest absolute Gasteiger partial charge is 0.384 e. The van der Waals surface area contributed by atoms with E-state index in [0.717, 1.165) is 49.0 Å². The summed E-state index contributed by atoms with van der Waals surface area (Å²) in [5.74, 6) is 0. The van der Waals surface area contributed by atoms with Gasteiger partial charge in [-0.05, 0) is 43.4 Å². The van der Waals surface area contributed by atoms with Crippen molar-refractivity contribution in [3.8, 4) is 0 Å². The molecule has 0 radical (unpaired) electrons. The number of pyridine rings is 1. The summed E-state index contributed by atoms with van der Waals surface area (Å²) in [4.78, 5) is 15.2. The van der Waals surface area contributed by atoms with Gasteiger partial charge in [-0.2, -0.15) is 0 Å². The molecular weight excluding hydrogens is 236 g/mol. The van der Waals surface area contributed by atoms with Crippen LogP contribution in [0.4, 0.5) is 5.69 Å². The highest BCUT2D eigenvalue weighted by atomic mass is 16.1. The third kappa shape index (κ3) is 2.03. The fourth-order valence-corrected chi connectivity index (χ4v) is 3.10. The predicted octanol–water partition coefficient (Wildman–Crippen LogP) is 3.15. The van der Waals surface area contributed by atoms with Crippen LogP contribution in [0, 0.1) is 6.92 Å². The van der Waals surface area contributed by atoms with E-state index in [9.17, 15) is 4.79 Å². The molecule has 0 saturated carbocycles. The lowest BCUT2D eigenvalue weighted by Crippen LogP contribution is -2.22. The molecule has 2 heterocycles. The molecule has 0 fully saturated rings. The maximum Gasteiger partial charge on any atom is 0.253 e. The van der Waals surface area contributed by atoms with E-state index < -0.39 is 0 Å². The fraction of sp³-hybridized carbons (Fsp3) is 0.438. The zero-order valence-corrected chi connectivity index (χ0v) is 11.6. The van der Waals surface area contributed by atoms with Gasteiger partial charge in [-0.1, -0.05) is 19.4 Å². The Kier molecular flexibility index (Phi) is 3.05. The van der Waals surface area contributed by atoms with E-state index in [-0.39, 0.29) is 5.56 Å². The first kappa shape index (κ1) is 12.3. The molecular formula is C16H20N2O. The fourth-order valence-electron chi connectivity index (χ4n) is 3.10. The van der Waals surface area contributed by atoms with Crippen LogP contribution in [0.25, 0.3) is 10.9 Å². The Morgan fingerprint density at radius 2 is 2.16 bits per heavy atom. The summed E-state index contributed by atoms with van der Waals surface area (Å²) in [7, 11) is 0. The number of benzene rings is 1. The molecule has 3 rings (SSSR count). The van der Waals surface area contributed by atoms with Gasteiger partial charge in [0.2, 0.25) is 0 Å². The first-order chi connectivity index (χ1) is 9.20. The van der Waals surface area contributed by atoms with Crippen LogP contribution in [0.1, 0.15) is 36.5 Å². The van der Waals surface area contributed by atoms with Gasteiger partial charge in [0.25, 0.3) is 5.56 Å². The summed E-state index contributed by atoms with van der Waals surface area (Å²) in [6, 6.07) is 4.38. The van der Waals surface area contributed by atoms with Gasteiger partial charge >= 0.3 is 0 Å². The first-order valence-electron chi connectivity index (χ1n) is 7.13. The zero-order chi connectivity index (χ0) is 13.4. The van der Waals surface area contributed by atoms with Gasteiger partial charge in [0, 0.05) is 17.5 Å². The van der Waals surface area contributed by atoms with Crippen LogP contribution < -0.4 is 10.9 Å². The van der Waals surface area contributed by atoms with Gasteiger partial charge in [0.1, 0.15) is 0 Å². The number of hydrogen-bond donors (Lipinski definition) is 2. The zero-order valence-electron chi connectivity index (χ0n) is 11.6. The van der Waals surface area contributed by atoms with Crippen molar-refractivity contribution in [1.82, 2.24) is 4.98 Å². The summed E-state index contributed by atoms with van der Waals surface area (Å²) in [6.45, 7) is 5.27. The van der Waals surface area contributed by atoms with Crippen molar-refractivity contribution in [2.75, 3.05) is 11.9 Å². The molecule has 0 aliphatic carbocycles. The van der Waals surface area contributed by atoms with Gasteiger partial charge in [0.05, 0.1) is 11.2 Å². The number of H-pyrrole nitrogens is 1. The number of fused-ring (bicyclic) bond motifs is 3. The summed E-state index contributed by atoms with van der Waals surface area (Å²) < 4.78 is 0. The topological polar surface area (TPSA) is 44.9 Å². The molecule has 0 saturated heterocycles. The number of aromatic amines is 1. The van der Waals surface area contributed by atoms with Crippen molar-refractivity contribution in [2.24, 2.45) is 0 Å². The van der Waals surface area contributed by atoms with Crippen LogP contribution in [0.3, 0.4) is 0 Å². The molecule has 100 valence electrons. The second kappa shape index (κ2) is 4.72. The molecule has 0 spiro atoms. The Morgan fingerprint density at radius 3 is 2.95 bits per heavy atom. The molecule has 0 bridgehead atoms. The molecule has 1 aliphatic rings. The van der Waals surface area contributed by atoms with Gasteiger partial charge in [-0.25, -0.2) is 0 Å². The predicted molar refractivity (Wildman–Crippen MR) is 80.1 cm³/mol. The Hall–Kier alpha value is -1.77. The Labute approximate surface area is 113 Å². The Morgan fingerprint density at radius 1 is 1.32 bits per heavy atom. The quantitative estimate of drug-likeness (QED) is 0.867. The van der Waals surface area contributed by atoms with Crippen LogP contribution in [0.5, 0.6) is 0 Å². The highest BCUT2D eigenvalue weighted by Gasteiger charge is 2.17. The summed E-state index contributed by atoms with van der Waals surface area (Å²) in [5.41, 5.74) is 5.58. The molecule has 1 aromatic carbocycles.